The number of fused-ring (bicyclic) bond motifs is 1. The second-order valence-electron chi connectivity index (χ2n) is 10.2. The number of rotatable bonds is 9. The molecule has 1 fully saturated rings. The molecule has 1 aliphatic rings. The Morgan fingerprint density at radius 3 is 2.53 bits per heavy atom. The maximum absolute atomic E-state index is 13.7. The first-order valence-corrected chi connectivity index (χ1v) is 15.4. The van der Waals surface area contributed by atoms with E-state index in [-0.39, 0.29) is 5.82 Å². The second-order valence-corrected chi connectivity index (χ2v) is 15.8. The number of benzene rings is 1. The van der Waals surface area contributed by atoms with Gasteiger partial charge in [0.25, 0.3) is 0 Å². The number of nitrogens with zero attached hydrogens (tertiary/aromatic N) is 4. The first-order chi connectivity index (χ1) is 16.3. The smallest absolute Gasteiger partial charge is 0.168 e. The van der Waals surface area contributed by atoms with Gasteiger partial charge in [-0.1, -0.05) is 19.6 Å². The molecule has 0 bridgehead atoms. The van der Waals surface area contributed by atoms with Gasteiger partial charge in [-0.3, -0.25) is 9.20 Å². The van der Waals surface area contributed by atoms with Crippen molar-refractivity contribution >= 4 is 20.0 Å². The fourth-order valence-electron chi connectivity index (χ4n) is 4.20. The molecule has 0 saturated heterocycles. The van der Waals surface area contributed by atoms with Crippen LogP contribution in [0.1, 0.15) is 34.9 Å². The van der Waals surface area contributed by atoms with Crippen molar-refractivity contribution in [3.05, 3.63) is 66.0 Å². The van der Waals surface area contributed by atoms with Crippen molar-refractivity contribution in [1.82, 2.24) is 19.2 Å². The van der Waals surface area contributed by atoms with Crippen molar-refractivity contribution in [3.63, 3.8) is 0 Å². The molecule has 6 nitrogen and oxygen atoms in total. The minimum Gasteiger partial charge on any atom is -0.360 e. The minimum absolute atomic E-state index is 0.280. The van der Waals surface area contributed by atoms with E-state index in [1.807, 2.05) is 23.0 Å². The lowest BCUT2D eigenvalue weighted by Crippen LogP contribution is -2.22. The average molecular weight is 477 g/mol. The summed E-state index contributed by atoms with van der Waals surface area (Å²) >= 11 is 0. The molecule has 5 rings (SSSR count). The Labute approximate surface area is 199 Å². The van der Waals surface area contributed by atoms with Crippen LogP contribution in [0.15, 0.2) is 48.8 Å². The molecule has 3 heterocycles. The van der Waals surface area contributed by atoms with Crippen LogP contribution in [0.5, 0.6) is 0 Å². The van der Waals surface area contributed by atoms with Gasteiger partial charge in [0.05, 0.1) is 11.9 Å². The Kier molecular flexibility index (Phi) is 5.95. The molecule has 0 amide bonds. The molecule has 1 saturated carbocycles. The Balaban J connectivity index is 1.62. The maximum Gasteiger partial charge on any atom is 0.168 e. The zero-order valence-corrected chi connectivity index (χ0v) is 20.8. The van der Waals surface area contributed by atoms with Gasteiger partial charge in [0.1, 0.15) is 29.6 Å². The molecule has 0 atom stereocenters. The van der Waals surface area contributed by atoms with Crippen LogP contribution in [-0.2, 0) is 11.5 Å². The second kappa shape index (κ2) is 8.92. The summed E-state index contributed by atoms with van der Waals surface area (Å²) in [7, 11) is -1.19. The molecule has 0 spiro atoms. The fourth-order valence-corrected chi connectivity index (χ4v) is 4.96. The number of aromatic nitrogens is 4. The molecule has 0 radical (unpaired) electrons. The largest absolute Gasteiger partial charge is 0.360 e. The quantitative estimate of drug-likeness (QED) is 0.169. The van der Waals surface area contributed by atoms with Crippen molar-refractivity contribution in [2.24, 2.45) is 0 Å². The number of imidazole rings is 1. The van der Waals surface area contributed by atoms with E-state index in [1.165, 1.54) is 12.1 Å². The van der Waals surface area contributed by atoms with E-state index in [1.54, 1.807) is 22.7 Å². The number of carbonyl (C=O) groups is 1. The number of hydrogen-bond donors (Lipinski definition) is 0. The van der Waals surface area contributed by atoms with Crippen LogP contribution in [0.25, 0.3) is 28.0 Å². The first kappa shape index (κ1) is 22.7. The van der Waals surface area contributed by atoms with Crippen LogP contribution in [0, 0.1) is 5.82 Å². The highest BCUT2D eigenvalue weighted by molar-refractivity contribution is 6.76. The number of carbonyl (C=O) groups excluding carboxylic acids is 1. The number of halogens is 1. The van der Waals surface area contributed by atoms with Gasteiger partial charge in [-0.15, -0.1) is 0 Å². The zero-order chi connectivity index (χ0) is 23.9. The van der Waals surface area contributed by atoms with Gasteiger partial charge >= 0.3 is 0 Å². The maximum atomic E-state index is 13.7. The first-order valence-electron chi connectivity index (χ1n) is 11.7. The fraction of sp³-hybridized carbons (Fsp3) is 0.346. The Bertz CT molecular complexity index is 1330. The molecule has 0 aliphatic heterocycles. The van der Waals surface area contributed by atoms with E-state index in [9.17, 15) is 9.18 Å². The Morgan fingerprint density at radius 2 is 1.85 bits per heavy atom. The van der Waals surface area contributed by atoms with Gasteiger partial charge < -0.3 is 4.74 Å². The molecule has 4 aromatic rings. The van der Waals surface area contributed by atoms with Crippen molar-refractivity contribution in [1.29, 1.82) is 0 Å². The molecule has 0 N–H and O–H groups in total. The molecular formula is C26H29FN4O2Si. The summed E-state index contributed by atoms with van der Waals surface area (Å²) in [5, 5.41) is 4.98. The lowest BCUT2D eigenvalue weighted by molar-refractivity contribution is 0.0767. The number of ether oxygens (including phenoxy) is 1. The third-order valence-corrected chi connectivity index (χ3v) is 7.93. The highest BCUT2D eigenvalue weighted by atomic mass is 28.3. The van der Waals surface area contributed by atoms with Crippen molar-refractivity contribution < 1.29 is 13.9 Å². The third kappa shape index (κ3) is 4.60. The van der Waals surface area contributed by atoms with E-state index in [4.69, 9.17) is 9.84 Å². The topological polar surface area (TPSA) is 61.4 Å². The average Bonchev–Trinajstić information content (AvgIpc) is 3.45. The van der Waals surface area contributed by atoms with Crippen molar-refractivity contribution in [2.45, 2.75) is 51.2 Å². The van der Waals surface area contributed by atoms with E-state index in [2.05, 4.69) is 24.6 Å². The van der Waals surface area contributed by atoms with Crippen LogP contribution in [0.3, 0.4) is 0 Å². The predicted octanol–water partition coefficient (Wildman–Crippen LogP) is 6.01. The van der Waals surface area contributed by atoms with E-state index in [0.717, 1.165) is 53.3 Å². The van der Waals surface area contributed by atoms with Gasteiger partial charge in [-0.2, -0.15) is 5.10 Å². The highest BCUT2D eigenvalue weighted by Crippen LogP contribution is 2.47. The molecule has 34 heavy (non-hydrogen) atoms. The van der Waals surface area contributed by atoms with Gasteiger partial charge in [0, 0.05) is 43.5 Å². The summed E-state index contributed by atoms with van der Waals surface area (Å²) in [6, 6.07) is 11.5. The number of aldehydes is 1. The number of hydrogen-bond acceptors (Lipinski definition) is 4. The van der Waals surface area contributed by atoms with Crippen LogP contribution < -0.4 is 0 Å². The van der Waals surface area contributed by atoms with Crippen LogP contribution in [0.4, 0.5) is 4.39 Å². The summed E-state index contributed by atoms with van der Waals surface area (Å²) in [5.74, 6) is 0.124. The monoisotopic (exact) mass is 476 g/mol. The highest BCUT2D eigenvalue weighted by Gasteiger charge is 2.33. The van der Waals surface area contributed by atoms with Crippen molar-refractivity contribution in [3.8, 4) is 22.4 Å². The van der Waals surface area contributed by atoms with Gasteiger partial charge in [0.2, 0.25) is 0 Å². The number of pyridine rings is 1. The lowest BCUT2D eigenvalue weighted by Gasteiger charge is -2.16. The predicted molar refractivity (Wildman–Crippen MR) is 133 cm³/mol. The van der Waals surface area contributed by atoms with E-state index < -0.39 is 8.07 Å². The Hall–Kier alpha value is -3.10. The molecule has 176 valence electrons. The summed E-state index contributed by atoms with van der Waals surface area (Å²) < 4.78 is 23.6. The summed E-state index contributed by atoms with van der Waals surface area (Å²) in [4.78, 5) is 15.8. The van der Waals surface area contributed by atoms with Gasteiger partial charge in [0.15, 0.2) is 6.29 Å². The van der Waals surface area contributed by atoms with Gasteiger partial charge in [-0.05, 0) is 55.3 Å². The summed E-state index contributed by atoms with van der Waals surface area (Å²) in [6.07, 6.45) is 6.53. The van der Waals surface area contributed by atoms with Crippen LogP contribution in [-0.4, -0.2) is 40.1 Å². The van der Waals surface area contributed by atoms with E-state index in [0.29, 0.717) is 30.6 Å². The summed E-state index contributed by atoms with van der Waals surface area (Å²) in [6.45, 7) is 8.11. The lowest BCUT2D eigenvalue weighted by atomic mass is 9.98. The summed E-state index contributed by atoms with van der Waals surface area (Å²) in [5.41, 5.74) is 5.95. The van der Waals surface area contributed by atoms with Crippen LogP contribution >= 0.6 is 0 Å². The molecule has 3 aromatic heterocycles. The standard InChI is InChI=1S/C26H29FN4O2Si/c1-34(2,3)13-12-33-17-31-26(19-4-5-19)24(25(29-31)18-6-9-21(27)10-7-18)20-8-11-23-28-14-22(16-32)30(23)15-20/h6-11,14-16,19H,4-5,12-13,17H2,1-3H3. The van der Waals surface area contributed by atoms with E-state index >= 15 is 0 Å². The van der Waals surface area contributed by atoms with Crippen LogP contribution in [0.2, 0.25) is 25.7 Å². The zero-order valence-electron chi connectivity index (χ0n) is 19.8. The Morgan fingerprint density at radius 1 is 1.12 bits per heavy atom. The molecule has 1 aromatic carbocycles. The van der Waals surface area contributed by atoms with Crippen molar-refractivity contribution in [2.75, 3.05) is 6.61 Å². The van der Waals surface area contributed by atoms with Gasteiger partial charge in [-0.25, -0.2) is 14.1 Å². The SMILES string of the molecule is C[Si](C)(C)CCOCn1nc(-c2ccc(F)cc2)c(-c2ccc3ncc(C=O)n3c2)c1C1CC1. The normalized spacial score (nSPS) is 14.1. The molecule has 0 unspecified atom stereocenters. The minimum atomic E-state index is -1.19. The molecule has 8 heteroatoms. The molecular weight excluding hydrogens is 447 g/mol. The molecule has 1 aliphatic carbocycles. The third-order valence-electron chi connectivity index (χ3n) is 6.23.